The Labute approximate surface area is 331 Å². The number of rotatable bonds is 9. The lowest BCUT2D eigenvalue weighted by atomic mass is 9.92. The third kappa shape index (κ3) is 6.63. The summed E-state index contributed by atoms with van der Waals surface area (Å²) in [5, 5.41) is 15.2. The van der Waals surface area contributed by atoms with E-state index in [1.165, 1.54) is 11.1 Å². The van der Waals surface area contributed by atoms with Crippen molar-refractivity contribution < 1.29 is 33.6 Å². The standard InChI is InChI=1S/C45H45N5O7/c1-4-48-37-21-42(40(55-3)19-35(37)44(52)50-24-30-13-8-6-11-28(30)17-38(50)45(48)53)57-26-32-15-9-14-31(47-32)25-56-41-20-36-34(18-39(41)54-2)43(51)49-23-29-12-7-5-10-27(29)16-33(49)22-46-36/h5-15,18-21,33,38,45-46,53H,4,16-17,22-26H2,1-3H3/t33-,38-,45?/m0/s1. The van der Waals surface area contributed by atoms with E-state index in [1.54, 1.807) is 37.3 Å². The second-order valence-electron chi connectivity index (χ2n) is 14.9. The van der Waals surface area contributed by atoms with Gasteiger partial charge in [-0.15, -0.1) is 0 Å². The molecule has 0 radical (unpaired) electrons. The van der Waals surface area contributed by atoms with E-state index < -0.39 is 12.3 Å². The van der Waals surface area contributed by atoms with Crippen molar-refractivity contribution in [2.24, 2.45) is 0 Å². The monoisotopic (exact) mass is 767 g/mol. The molecule has 1 aromatic heterocycles. The fraction of sp³-hybridized carbons (Fsp3) is 0.311. The quantitative estimate of drug-likeness (QED) is 0.185. The lowest BCUT2D eigenvalue weighted by Gasteiger charge is -2.40. The van der Waals surface area contributed by atoms with Crippen LogP contribution < -0.4 is 29.2 Å². The molecule has 0 fully saturated rings. The lowest BCUT2D eigenvalue weighted by Crippen LogP contribution is -2.54. The summed E-state index contributed by atoms with van der Waals surface area (Å²) in [5.41, 5.74) is 8.31. The topological polar surface area (TPSA) is 126 Å². The predicted molar refractivity (Wildman–Crippen MR) is 214 cm³/mol. The number of ether oxygens (including phenoxy) is 4. The van der Waals surface area contributed by atoms with Gasteiger partial charge in [0.15, 0.2) is 23.0 Å². The summed E-state index contributed by atoms with van der Waals surface area (Å²) in [4.78, 5) is 38.4. The molecular formula is C45H45N5O7. The fourth-order valence-electron chi connectivity index (χ4n) is 8.67. The summed E-state index contributed by atoms with van der Waals surface area (Å²) in [6, 6.07) is 28.7. The molecule has 0 bridgehead atoms. The largest absolute Gasteiger partial charge is 0.493 e. The summed E-state index contributed by atoms with van der Waals surface area (Å²) in [6.07, 6.45) is 0.440. The van der Waals surface area contributed by atoms with E-state index in [0.717, 1.165) is 17.5 Å². The molecule has 1 unspecified atom stereocenters. The number of nitrogens with zero attached hydrogens (tertiary/aromatic N) is 4. The Kier molecular flexibility index (Phi) is 9.57. The van der Waals surface area contributed by atoms with Gasteiger partial charge >= 0.3 is 0 Å². The van der Waals surface area contributed by atoms with E-state index in [9.17, 15) is 14.7 Å². The number of fused-ring (bicyclic) bond motifs is 6. The van der Waals surface area contributed by atoms with Gasteiger partial charge in [0.2, 0.25) is 0 Å². The number of likely N-dealkylation sites (N-methyl/N-ethyl adjacent to an activating group) is 1. The highest BCUT2D eigenvalue weighted by molar-refractivity contribution is 6.02. The average molecular weight is 768 g/mol. The van der Waals surface area contributed by atoms with Crippen molar-refractivity contribution >= 4 is 23.2 Å². The molecule has 4 aliphatic rings. The highest BCUT2D eigenvalue weighted by Crippen LogP contribution is 2.42. The zero-order valence-corrected chi connectivity index (χ0v) is 32.2. The van der Waals surface area contributed by atoms with E-state index in [1.807, 2.05) is 71.3 Å². The van der Waals surface area contributed by atoms with E-state index in [4.69, 9.17) is 23.9 Å². The molecule has 2 N–H and O–H groups in total. The molecule has 5 heterocycles. The number of nitrogens with one attached hydrogen (secondary N) is 1. The van der Waals surface area contributed by atoms with Crippen LogP contribution in [0.1, 0.15) is 61.3 Å². The van der Waals surface area contributed by atoms with Crippen molar-refractivity contribution in [2.75, 3.05) is 37.5 Å². The number of carbonyl (C=O) groups excluding carboxylic acids is 2. The molecule has 12 heteroatoms. The first-order chi connectivity index (χ1) is 27.8. The average Bonchev–Trinajstić information content (AvgIpc) is 3.42. The van der Waals surface area contributed by atoms with Crippen LogP contribution in [0, 0.1) is 0 Å². The number of hydrogen-bond donors (Lipinski definition) is 2. The number of hydrogen-bond acceptors (Lipinski definition) is 10. The first kappa shape index (κ1) is 36.4. The second kappa shape index (κ2) is 15.0. The minimum atomic E-state index is -0.914. The van der Waals surface area contributed by atoms with Crippen LogP contribution in [-0.4, -0.2) is 77.3 Å². The number of carbonyl (C=O) groups is 2. The van der Waals surface area contributed by atoms with E-state index in [0.29, 0.717) is 89.5 Å². The van der Waals surface area contributed by atoms with E-state index in [-0.39, 0.29) is 31.1 Å². The zero-order chi connectivity index (χ0) is 39.2. The Bertz CT molecular complexity index is 2370. The summed E-state index contributed by atoms with van der Waals surface area (Å²) < 4.78 is 24.1. The maximum atomic E-state index is 14.1. The maximum absolute atomic E-state index is 14.1. The van der Waals surface area contributed by atoms with Crippen LogP contribution in [-0.2, 0) is 39.1 Å². The molecule has 0 aliphatic carbocycles. The molecule has 3 atom stereocenters. The van der Waals surface area contributed by atoms with Crippen LogP contribution in [0.15, 0.2) is 91.0 Å². The van der Waals surface area contributed by atoms with Gasteiger partial charge in [-0.25, -0.2) is 0 Å². The summed E-state index contributed by atoms with van der Waals surface area (Å²) in [6.45, 7) is 4.33. The summed E-state index contributed by atoms with van der Waals surface area (Å²) >= 11 is 0. The minimum Gasteiger partial charge on any atom is -0.493 e. The third-order valence-electron chi connectivity index (χ3n) is 11.7. The number of amides is 2. The molecule has 57 heavy (non-hydrogen) atoms. The summed E-state index contributed by atoms with van der Waals surface area (Å²) in [7, 11) is 3.11. The SMILES string of the molecule is CCN1c2cc(OCc3cccc(COc4cc5c(cc4OC)C(=O)N4Cc6ccccc6C[C@H]4CN5)n3)c(OC)cc2C(=O)N2Cc3ccccc3C[C@H]2C1O. The van der Waals surface area contributed by atoms with Gasteiger partial charge in [-0.3, -0.25) is 14.6 Å². The van der Waals surface area contributed by atoms with Crippen molar-refractivity contribution in [3.05, 3.63) is 136 Å². The highest BCUT2D eigenvalue weighted by Gasteiger charge is 2.42. The van der Waals surface area contributed by atoms with Crippen LogP contribution in [0.25, 0.3) is 0 Å². The van der Waals surface area contributed by atoms with Gasteiger partial charge in [0.25, 0.3) is 11.8 Å². The third-order valence-corrected chi connectivity index (χ3v) is 11.7. The van der Waals surface area contributed by atoms with Gasteiger partial charge in [-0.1, -0.05) is 54.6 Å². The highest BCUT2D eigenvalue weighted by atomic mass is 16.5. The Balaban J connectivity index is 0.910. The van der Waals surface area contributed by atoms with Crippen LogP contribution in [0.2, 0.25) is 0 Å². The van der Waals surface area contributed by atoms with Crippen molar-refractivity contribution in [3.63, 3.8) is 0 Å². The molecule has 9 rings (SSSR count). The number of anilines is 2. The van der Waals surface area contributed by atoms with Crippen molar-refractivity contribution in [1.82, 2.24) is 14.8 Å². The van der Waals surface area contributed by atoms with Crippen LogP contribution in [0.5, 0.6) is 23.0 Å². The Morgan fingerprint density at radius 1 is 0.702 bits per heavy atom. The minimum absolute atomic E-state index is 0.0354. The molecule has 0 saturated carbocycles. The van der Waals surface area contributed by atoms with Crippen molar-refractivity contribution in [3.8, 4) is 23.0 Å². The molecule has 5 aromatic rings. The number of aliphatic hydroxyl groups is 1. The summed E-state index contributed by atoms with van der Waals surface area (Å²) in [5.74, 6) is 1.60. The molecule has 12 nitrogen and oxygen atoms in total. The smallest absolute Gasteiger partial charge is 0.256 e. The van der Waals surface area contributed by atoms with Crippen LogP contribution >= 0.6 is 0 Å². The molecule has 0 saturated heterocycles. The Morgan fingerprint density at radius 3 is 1.93 bits per heavy atom. The zero-order valence-electron chi connectivity index (χ0n) is 32.2. The molecule has 2 amide bonds. The molecular weight excluding hydrogens is 723 g/mol. The predicted octanol–water partition coefficient (Wildman–Crippen LogP) is 5.97. The fourth-order valence-corrected chi connectivity index (χ4v) is 8.67. The number of aromatic nitrogens is 1. The van der Waals surface area contributed by atoms with Gasteiger partial charge in [-0.05, 0) is 66.3 Å². The van der Waals surface area contributed by atoms with Crippen LogP contribution in [0.4, 0.5) is 11.4 Å². The van der Waals surface area contributed by atoms with Gasteiger partial charge in [0.05, 0.1) is 60.2 Å². The van der Waals surface area contributed by atoms with Gasteiger partial charge in [-0.2, -0.15) is 0 Å². The van der Waals surface area contributed by atoms with Crippen LogP contribution in [0.3, 0.4) is 0 Å². The first-order valence-electron chi connectivity index (χ1n) is 19.4. The number of methoxy groups -OCH3 is 2. The second-order valence-corrected chi connectivity index (χ2v) is 14.9. The molecule has 4 aliphatic heterocycles. The van der Waals surface area contributed by atoms with Gasteiger partial charge in [0.1, 0.15) is 19.4 Å². The molecule has 0 spiro atoms. The normalized spacial score (nSPS) is 19.4. The van der Waals surface area contributed by atoms with Crippen molar-refractivity contribution in [2.45, 2.75) is 64.4 Å². The van der Waals surface area contributed by atoms with Crippen molar-refractivity contribution in [1.29, 1.82) is 0 Å². The van der Waals surface area contributed by atoms with Gasteiger partial charge in [0, 0.05) is 38.3 Å². The number of benzene rings is 4. The lowest BCUT2D eigenvalue weighted by molar-refractivity contribution is 0.0313. The first-order valence-corrected chi connectivity index (χ1v) is 19.4. The van der Waals surface area contributed by atoms with E-state index in [2.05, 4.69) is 23.5 Å². The van der Waals surface area contributed by atoms with E-state index >= 15 is 0 Å². The molecule has 292 valence electrons. The van der Waals surface area contributed by atoms with Gasteiger partial charge < -0.3 is 44.1 Å². The number of aliphatic hydroxyl groups excluding tert-OH is 1. The Hall–Kier alpha value is -6.27. The number of pyridine rings is 1. The molecule has 4 aromatic carbocycles. The Morgan fingerprint density at radius 2 is 1.28 bits per heavy atom. The maximum Gasteiger partial charge on any atom is 0.256 e.